The maximum absolute atomic E-state index is 3.56. The van der Waals surface area contributed by atoms with Crippen molar-refractivity contribution < 1.29 is 0 Å². The molecule has 2 nitrogen and oxygen atoms in total. The first-order valence-electron chi connectivity index (χ1n) is 7.15. The Morgan fingerprint density at radius 3 is 2.79 bits per heavy atom. The van der Waals surface area contributed by atoms with Gasteiger partial charge in [0.15, 0.2) is 0 Å². The number of nitrogens with zero attached hydrogens (tertiary/aromatic N) is 1. The molecule has 1 heterocycles. The van der Waals surface area contributed by atoms with E-state index in [4.69, 9.17) is 0 Å². The highest BCUT2D eigenvalue weighted by Gasteiger charge is 2.38. The zero-order valence-electron chi connectivity index (χ0n) is 12.5. The average Bonchev–Trinajstić information content (AvgIpc) is 2.33. The van der Waals surface area contributed by atoms with E-state index in [2.05, 4.69) is 72.2 Å². The molecule has 1 saturated heterocycles. The molecule has 0 aromatic heterocycles. The summed E-state index contributed by atoms with van der Waals surface area (Å²) in [5.41, 5.74) is 2.95. The molecule has 3 heteroatoms. The van der Waals surface area contributed by atoms with Gasteiger partial charge in [-0.1, -0.05) is 15.9 Å². The highest BCUT2D eigenvalue weighted by molar-refractivity contribution is 9.10. The van der Waals surface area contributed by atoms with Gasteiger partial charge in [0.05, 0.1) is 0 Å². The SMILES string of the molecule is CNCC1CCCN(c2ccc(Br)cc2C)C1(C)C. The summed E-state index contributed by atoms with van der Waals surface area (Å²) < 4.78 is 1.16. The maximum Gasteiger partial charge on any atom is 0.0401 e. The van der Waals surface area contributed by atoms with E-state index < -0.39 is 0 Å². The number of anilines is 1. The van der Waals surface area contributed by atoms with Crippen LogP contribution in [0.1, 0.15) is 32.3 Å². The molecule has 1 unspecified atom stereocenters. The van der Waals surface area contributed by atoms with Gasteiger partial charge in [-0.2, -0.15) is 0 Å². The van der Waals surface area contributed by atoms with Crippen LogP contribution in [0.3, 0.4) is 0 Å². The second-order valence-electron chi connectivity index (χ2n) is 6.13. The van der Waals surface area contributed by atoms with Crippen molar-refractivity contribution in [3.8, 4) is 0 Å². The van der Waals surface area contributed by atoms with Crippen LogP contribution in [-0.2, 0) is 0 Å². The van der Waals surface area contributed by atoms with Crippen LogP contribution in [0, 0.1) is 12.8 Å². The summed E-state index contributed by atoms with van der Waals surface area (Å²) in [5.74, 6) is 0.703. The fourth-order valence-electron chi connectivity index (χ4n) is 3.31. The van der Waals surface area contributed by atoms with E-state index in [-0.39, 0.29) is 5.54 Å². The molecule has 1 atom stereocenters. The van der Waals surface area contributed by atoms with E-state index in [1.54, 1.807) is 0 Å². The molecular weight excluding hydrogens is 300 g/mol. The number of piperidine rings is 1. The van der Waals surface area contributed by atoms with Crippen LogP contribution >= 0.6 is 15.9 Å². The average molecular weight is 325 g/mol. The van der Waals surface area contributed by atoms with Gasteiger partial charge in [0.25, 0.3) is 0 Å². The Morgan fingerprint density at radius 2 is 2.16 bits per heavy atom. The molecule has 1 aromatic carbocycles. The Labute approximate surface area is 125 Å². The first-order chi connectivity index (χ1) is 8.96. The van der Waals surface area contributed by atoms with Crippen LogP contribution in [0.5, 0.6) is 0 Å². The molecule has 0 radical (unpaired) electrons. The predicted molar refractivity (Wildman–Crippen MR) is 87.0 cm³/mol. The summed E-state index contributed by atoms with van der Waals surface area (Å²) in [6.07, 6.45) is 2.60. The Bertz CT molecular complexity index is 440. The highest BCUT2D eigenvalue weighted by atomic mass is 79.9. The Morgan fingerprint density at radius 1 is 1.42 bits per heavy atom. The summed E-state index contributed by atoms with van der Waals surface area (Å²) in [4.78, 5) is 2.60. The second-order valence-corrected chi connectivity index (χ2v) is 7.05. The number of aryl methyl sites for hydroxylation is 1. The van der Waals surface area contributed by atoms with Crippen molar-refractivity contribution >= 4 is 21.6 Å². The fraction of sp³-hybridized carbons (Fsp3) is 0.625. The maximum atomic E-state index is 3.56. The molecule has 0 amide bonds. The molecule has 19 heavy (non-hydrogen) atoms. The van der Waals surface area contributed by atoms with Gasteiger partial charge in [0, 0.05) is 22.2 Å². The highest BCUT2D eigenvalue weighted by Crippen LogP contribution is 2.38. The number of nitrogens with one attached hydrogen (secondary N) is 1. The molecule has 1 aliphatic rings. The second kappa shape index (κ2) is 5.84. The third kappa shape index (κ3) is 2.97. The van der Waals surface area contributed by atoms with Gasteiger partial charge in [0.2, 0.25) is 0 Å². The number of hydrogen-bond donors (Lipinski definition) is 1. The van der Waals surface area contributed by atoms with Crippen molar-refractivity contribution in [2.75, 3.05) is 25.0 Å². The van der Waals surface area contributed by atoms with Crippen LogP contribution in [-0.4, -0.2) is 25.7 Å². The van der Waals surface area contributed by atoms with Crippen LogP contribution in [0.4, 0.5) is 5.69 Å². The molecule has 0 spiro atoms. The standard InChI is InChI=1S/C16H25BrN2/c1-12-10-14(17)7-8-15(12)19-9-5-6-13(11-18-4)16(19,2)3/h7-8,10,13,18H,5-6,9,11H2,1-4H3. The number of hydrogen-bond acceptors (Lipinski definition) is 2. The molecule has 0 saturated carbocycles. The number of benzene rings is 1. The molecule has 0 aliphatic carbocycles. The Kier molecular flexibility index (Phi) is 4.57. The van der Waals surface area contributed by atoms with E-state index in [1.807, 2.05) is 0 Å². The molecule has 0 bridgehead atoms. The minimum absolute atomic E-state index is 0.208. The zero-order chi connectivity index (χ0) is 14.0. The first-order valence-corrected chi connectivity index (χ1v) is 7.94. The lowest BCUT2D eigenvalue weighted by molar-refractivity contribution is 0.234. The number of rotatable bonds is 3. The molecule has 1 aromatic rings. The largest absolute Gasteiger partial charge is 0.366 e. The molecule has 1 N–H and O–H groups in total. The molecule has 2 rings (SSSR count). The van der Waals surface area contributed by atoms with E-state index in [9.17, 15) is 0 Å². The van der Waals surface area contributed by atoms with Crippen LogP contribution in [0.25, 0.3) is 0 Å². The Hall–Kier alpha value is -0.540. The van der Waals surface area contributed by atoms with Crippen molar-refractivity contribution in [2.45, 2.75) is 39.2 Å². The minimum atomic E-state index is 0.208. The third-order valence-corrected chi connectivity index (χ3v) is 5.02. The van der Waals surface area contributed by atoms with Crippen LogP contribution < -0.4 is 10.2 Å². The quantitative estimate of drug-likeness (QED) is 0.904. The van der Waals surface area contributed by atoms with Gasteiger partial charge in [-0.3, -0.25) is 0 Å². The first kappa shape index (κ1) is 14.9. The summed E-state index contributed by atoms with van der Waals surface area (Å²) >= 11 is 3.56. The lowest BCUT2D eigenvalue weighted by Crippen LogP contribution is -2.56. The molecule has 1 aliphatic heterocycles. The minimum Gasteiger partial charge on any atom is -0.366 e. The lowest BCUT2D eigenvalue weighted by atomic mass is 9.78. The monoisotopic (exact) mass is 324 g/mol. The lowest BCUT2D eigenvalue weighted by Gasteiger charge is -2.50. The van der Waals surface area contributed by atoms with Gasteiger partial charge < -0.3 is 10.2 Å². The molecular formula is C16H25BrN2. The van der Waals surface area contributed by atoms with Gasteiger partial charge in [-0.15, -0.1) is 0 Å². The van der Waals surface area contributed by atoms with E-state index in [1.165, 1.54) is 24.1 Å². The molecule has 1 fully saturated rings. The topological polar surface area (TPSA) is 15.3 Å². The smallest absolute Gasteiger partial charge is 0.0401 e. The number of halogens is 1. The normalized spacial score (nSPS) is 22.6. The summed E-state index contributed by atoms with van der Waals surface area (Å²) in [7, 11) is 2.06. The fourth-order valence-corrected chi connectivity index (χ4v) is 3.78. The van der Waals surface area contributed by atoms with Crippen molar-refractivity contribution in [3.63, 3.8) is 0 Å². The molecule has 106 valence electrons. The van der Waals surface area contributed by atoms with Gasteiger partial charge in [0.1, 0.15) is 0 Å². The summed E-state index contributed by atoms with van der Waals surface area (Å²) in [6, 6.07) is 6.62. The van der Waals surface area contributed by atoms with Crippen molar-refractivity contribution in [1.82, 2.24) is 5.32 Å². The van der Waals surface area contributed by atoms with Crippen LogP contribution in [0.15, 0.2) is 22.7 Å². The Balaban J connectivity index is 2.32. The van der Waals surface area contributed by atoms with Crippen molar-refractivity contribution in [2.24, 2.45) is 5.92 Å². The summed E-state index contributed by atoms with van der Waals surface area (Å²) in [6.45, 7) is 9.23. The predicted octanol–water partition coefficient (Wildman–Crippen LogP) is 3.97. The van der Waals surface area contributed by atoms with Crippen molar-refractivity contribution in [3.05, 3.63) is 28.2 Å². The zero-order valence-corrected chi connectivity index (χ0v) is 14.0. The van der Waals surface area contributed by atoms with Gasteiger partial charge >= 0.3 is 0 Å². The van der Waals surface area contributed by atoms with Gasteiger partial charge in [-0.05, 0) is 76.9 Å². The van der Waals surface area contributed by atoms with Gasteiger partial charge in [-0.25, -0.2) is 0 Å². The van der Waals surface area contributed by atoms with E-state index in [0.717, 1.165) is 17.6 Å². The van der Waals surface area contributed by atoms with Crippen LogP contribution in [0.2, 0.25) is 0 Å². The summed E-state index contributed by atoms with van der Waals surface area (Å²) in [5, 5.41) is 3.35. The van der Waals surface area contributed by atoms with Crippen molar-refractivity contribution in [1.29, 1.82) is 0 Å². The van der Waals surface area contributed by atoms with E-state index >= 15 is 0 Å². The van der Waals surface area contributed by atoms with E-state index in [0.29, 0.717) is 5.92 Å². The third-order valence-electron chi connectivity index (χ3n) is 4.53.